The van der Waals surface area contributed by atoms with Crippen molar-refractivity contribution >= 4 is 6.29 Å². The van der Waals surface area contributed by atoms with Crippen molar-refractivity contribution in [1.82, 2.24) is 0 Å². The normalized spacial score (nSPS) is 11.1. The Labute approximate surface area is 84.9 Å². The quantitative estimate of drug-likeness (QED) is 0.688. The second-order valence-corrected chi connectivity index (χ2v) is 4.02. The number of methoxy groups -OCH3 is 1. The summed E-state index contributed by atoms with van der Waals surface area (Å²) in [5.74, 6) is 0.857. The highest BCUT2D eigenvalue weighted by Crippen LogP contribution is 2.26. The van der Waals surface area contributed by atoms with Crippen molar-refractivity contribution in [1.29, 1.82) is 0 Å². The van der Waals surface area contributed by atoms with E-state index in [0.717, 1.165) is 23.2 Å². The lowest BCUT2D eigenvalue weighted by Crippen LogP contribution is -2.18. The van der Waals surface area contributed by atoms with Crippen molar-refractivity contribution in [3.05, 3.63) is 29.3 Å². The van der Waals surface area contributed by atoms with E-state index in [-0.39, 0.29) is 0 Å². The number of carbonyl (C=O) groups is 1. The molecule has 76 valence electrons. The van der Waals surface area contributed by atoms with E-state index in [1.807, 2.05) is 39.0 Å². The second kappa shape index (κ2) is 3.82. The van der Waals surface area contributed by atoms with Gasteiger partial charge < -0.3 is 9.53 Å². The Kier molecular flexibility index (Phi) is 2.94. The van der Waals surface area contributed by atoms with Crippen LogP contribution >= 0.6 is 0 Å². The molecule has 14 heavy (non-hydrogen) atoms. The fourth-order valence-electron chi connectivity index (χ4n) is 1.35. The number of aldehydes is 1. The molecule has 1 aromatic rings. The Hall–Kier alpha value is -1.31. The van der Waals surface area contributed by atoms with Gasteiger partial charge in [0.1, 0.15) is 12.0 Å². The first-order valence-corrected chi connectivity index (χ1v) is 4.62. The standard InChI is InChI=1S/C12H16O2/c1-9-7-10(12(2,3)8-13)5-6-11(9)14-4/h5-8H,1-4H3. The molecular weight excluding hydrogens is 176 g/mol. The average molecular weight is 192 g/mol. The van der Waals surface area contributed by atoms with Gasteiger partial charge in [0.25, 0.3) is 0 Å². The topological polar surface area (TPSA) is 26.3 Å². The Bertz CT molecular complexity index is 340. The van der Waals surface area contributed by atoms with Gasteiger partial charge in [-0.3, -0.25) is 0 Å². The first kappa shape index (κ1) is 10.8. The molecule has 2 heteroatoms. The maximum Gasteiger partial charge on any atom is 0.129 e. The van der Waals surface area contributed by atoms with Crippen LogP contribution in [-0.2, 0) is 10.2 Å². The van der Waals surface area contributed by atoms with Crippen LogP contribution in [0.1, 0.15) is 25.0 Å². The predicted molar refractivity (Wildman–Crippen MR) is 56.8 cm³/mol. The summed E-state index contributed by atoms with van der Waals surface area (Å²) < 4.78 is 5.16. The number of carbonyl (C=O) groups excluding carboxylic acids is 1. The third-order valence-corrected chi connectivity index (χ3v) is 2.43. The van der Waals surface area contributed by atoms with Crippen LogP contribution in [0.5, 0.6) is 5.75 Å². The number of benzene rings is 1. The summed E-state index contributed by atoms with van der Waals surface area (Å²) in [5, 5.41) is 0. The van der Waals surface area contributed by atoms with Crippen LogP contribution in [0, 0.1) is 6.92 Å². The zero-order valence-electron chi connectivity index (χ0n) is 9.13. The molecule has 0 aliphatic heterocycles. The fourth-order valence-corrected chi connectivity index (χ4v) is 1.35. The van der Waals surface area contributed by atoms with Crippen molar-refractivity contribution in [2.24, 2.45) is 0 Å². The van der Waals surface area contributed by atoms with Gasteiger partial charge in [-0.25, -0.2) is 0 Å². The fraction of sp³-hybridized carbons (Fsp3) is 0.417. The zero-order valence-corrected chi connectivity index (χ0v) is 9.13. The monoisotopic (exact) mass is 192 g/mol. The first-order chi connectivity index (χ1) is 6.51. The molecule has 0 radical (unpaired) electrons. The van der Waals surface area contributed by atoms with Gasteiger partial charge in [0.15, 0.2) is 0 Å². The van der Waals surface area contributed by atoms with Crippen LogP contribution in [0.3, 0.4) is 0 Å². The molecule has 1 rings (SSSR count). The highest BCUT2D eigenvalue weighted by atomic mass is 16.5. The molecule has 0 fully saturated rings. The minimum Gasteiger partial charge on any atom is -0.496 e. The molecule has 0 saturated heterocycles. The Morgan fingerprint density at radius 3 is 2.43 bits per heavy atom. The summed E-state index contributed by atoms with van der Waals surface area (Å²) in [6.45, 7) is 5.78. The van der Waals surface area contributed by atoms with E-state index in [4.69, 9.17) is 4.74 Å². The molecule has 0 atom stereocenters. The molecule has 0 aromatic heterocycles. The van der Waals surface area contributed by atoms with Crippen LogP contribution in [0.25, 0.3) is 0 Å². The van der Waals surface area contributed by atoms with E-state index in [2.05, 4.69) is 0 Å². The maximum absolute atomic E-state index is 10.9. The van der Waals surface area contributed by atoms with E-state index < -0.39 is 5.41 Å². The summed E-state index contributed by atoms with van der Waals surface area (Å²) in [4.78, 5) is 10.9. The molecule has 0 saturated carbocycles. The van der Waals surface area contributed by atoms with Crippen molar-refractivity contribution in [3.8, 4) is 5.75 Å². The summed E-state index contributed by atoms with van der Waals surface area (Å²) in [6.07, 6.45) is 0.967. The Morgan fingerprint density at radius 1 is 1.36 bits per heavy atom. The van der Waals surface area contributed by atoms with Gasteiger partial charge in [-0.1, -0.05) is 12.1 Å². The Morgan fingerprint density at radius 2 is 2.00 bits per heavy atom. The summed E-state index contributed by atoms with van der Waals surface area (Å²) in [6, 6.07) is 5.82. The molecule has 0 N–H and O–H groups in total. The van der Waals surface area contributed by atoms with Gasteiger partial charge in [-0.15, -0.1) is 0 Å². The molecule has 0 aliphatic carbocycles. The van der Waals surface area contributed by atoms with Gasteiger partial charge in [-0.2, -0.15) is 0 Å². The van der Waals surface area contributed by atoms with Crippen LogP contribution in [-0.4, -0.2) is 13.4 Å². The average Bonchev–Trinajstić information content (AvgIpc) is 2.17. The van der Waals surface area contributed by atoms with Gasteiger partial charge in [-0.05, 0) is 38.0 Å². The zero-order chi connectivity index (χ0) is 10.8. The lowest BCUT2D eigenvalue weighted by atomic mass is 9.85. The first-order valence-electron chi connectivity index (χ1n) is 4.62. The second-order valence-electron chi connectivity index (χ2n) is 4.02. The van der Waals surface area contributed by atoms with Crippen molar-refractivity contribution < 1.29 is 9.53 Å². The largest absolute Gasteiger partial charge is 0.496 e. The van der Waals surface area contributed by atoms with E-state index in [9.17, 15) is 4.79 Å². The van der Waals surface area contributed by atoms with Crippen LogP contribution in [0.2, 0.25) is 0 Å². The lowest BCUT2D eigenvalue weighted by molar-refractivity contribution is -0.111. The molecule has 0 bridgehead atoms. The van der Waals surface area contributed by atoms with E-state index >= 15 is 0 Å². The highest BCUT2D eigenvalue weighted by molar-refractivity contribution is 5.67. The summed E-state index contributed by atoms with van der Waals surface area (Å²) in [7, 11) is 1.65. The van der Waals surface area contributed by atoms with Crippen molar-refractivity contribution in [2.45, 2.75) is 26.2 Å². The summed E-state index contributed by atoms with van der Waals surface area (Å²) >= 11 is 0. The van der Waals surface area contributed by atoms with Crippen molar-refractivity contribution in [3.63, 3.8) is 0 Å². The predicted octanol–water partition coefficient (Wildman–Crippen LogP) is 2.48. The van der Waals surface area contributed by atoms with Gasteiger partial charge in [0.2, 0.25) is 0 Å². The molecule has 0 amide bonds. The van der Waals surface area contributed by atoms with Crippen LogP contribution in [0.15, 0.2) is 18.2 Å². The SMILES string of the molecule is COc1ccc(C(C)(C)C=O)cc1C. The number of aryl methyl sites for hydroxylation is 1. The summed E-state index contributed by atoms with van der Waals surface area (Å²) in [5.41, 5.74) is 1.66. The smallest absolute Gasteiger partial charge is 0.129 e. The van der Waals surface area contributed by atoms with E-state index in [0.29, 0.717) is 0 Å². The van der Waals surface area contributed by atoms with Crippen molar-refractivity contribution in [2.75, 3.05) is 7.11 Å². The molecule has 2 nitrogen and oxygen atoms in total. The van der Waals surface area contributed by atoms with Gasteiger partial charge in [0.05, 0.1) is 7.11 Å². The van der Waals surface area contributed by atoms with Crippen LogP contribution in [0.4, 0.5) is 0 Å². The van der Waals surface area contributed by atoms with E-state index in [1.165, 1.54) is 0 Å². The number of hydrogen-bond donors (Lipinski definition) is 0. The molecule has 1 aromatic carbocycles. The maximum atomic E-state index is 10.9. The van der Waals surface area contributed by atoms with Gasteiger partial charge in [0, 0.05) is 5.41 Å². The third kappa shape index (κ3) is 1.95. The van der Waals surface area contributed by atoms with Crippen LogP contribution < -0.4 is 4.74 Å². The number of hydrogen-bond acceptors (Lipinski definition) is 2. The lowest BCUT2D eigenvalue weighted by Gasteiger charge is -2.18. The molecule has 0 spiro atoms. The molecule has 0 heterocycles. The minimum atomic E-state index is -0.420. The third-order valence-electron chi connectivity index (χ3n) is 2.43. The molecule has 0 unspecified atom stereocenters. The molecular formula is C12H16O2. The minimum absolute atomic E-state index is 0.420. The number of rotatable bonds is 3. The Balaban J connectivity index is 3.15. The van der Waals surface area contributed by atoms with E-state index in [1.54, 1.807) is 7.11 Å². The molecule has 0 aliphatic rings. The van der Waals surface area contributed by atoms with Gasteiger partial charge >= 0.3 is 0 Å². The highest BCUT2D eigenvalue weighted by Gasteiger charge is 2.19. The number of ether oxygens (including phenoxy) is 1.